The van der Waals surface area contributed by atoms with E-state index in [0.29, 0.717) is 24.6 Å². The zero-order valence-corrected chi connectivity index (χ0v) is 19.2. The Morgan fingerprint density at radius 1 is 1.16 bits per heavy atom. The molecular formula is C21H29N5O5S. The molecule has 174 valence electrons. The van der Waals surface area contributed by atoms with Gasteiger partial charge in [-0.15, -0.1) is 10.2 Å². The number of fused-ring (bicyclic) bond motifs is 1. The van der Waals surface area contributed by atoms with Crippen LogP contribution in [0, 0.1) is 0 Å². The molecule has 0 unspecified atom stereocenters. The molecule has 3 heterocycles. The van der Waals surface area contributed by atoms with E-state index in [0.717, 1.165) is 43.9 Å². The molecule has 1 aromatic heterocycles. The first-order valence-electron chi connectivity index (χ1n) is 10.8. The number of benzene rings is 1. The van der Waals surface area contributed by atoms with Gasteiger partial charge in [0.05, 0.1) is 19.1 Å². The molecule has 2 aromatic rings. The van der Waals surface area contributed by atoms with Crippen LogP contribution >= 0.6 is 0 Å². The molecule has 1 N–H and O–H groups in total. The number of aryl methyl sites for hydroxylation is 1. The lowest BCUT2D eigenvalue weighted by atomic mass is 9.97. The van der Waals surface area contributed by atoms with Gasteiger partial charge in [-0.1, -0.05) is 0 Å². The molecule has 1 aromatic carbocycles. The standard InChI is InChI=1S/C21H29N5O5S/c1-30-17-8-7-16(13-18(17)31-2)32(28,29)22-10-9-20(27)25-11-3-5-15(14-25)21-24-23-19-6-4-12-26(19)21/h7-8,13,15,22H,3-6,9-12,14H2,1-2H3/t15-/m1/s1. The highest BCUT2D eigenvalue weighted by molar-refractivity contribution is 7.89. The summed E-state index contributed by atoms with van der Waals surface area (Å²) in [5.41, 5.74) is 0. The van der Waals surface area contributed by atoms with E-state index < -0.39 is 10.0 Å². The topological polar surface area (TPSA) is 116 Å². The monoisotopic (exact) mass is 463 g/mol. The van der Waals surface area contributed by atoms with Gasteiger partial charge >= 0.3 is 0 Å². The second-order valence-corrected chi connectivity index (χ2v) is 9.84. The fourth-order valence-corrected chi connectivity index (χ4v) is 5.45. The molecule has 1 amide bonds. The van der Waals surface area contributed by atoms with E-state index in [1.807, 2.05) is 4.90 Å². The maximum absolute atomic E-state index is 12.8. The van der Waals surface area contributed by atoms with Crippen LogP contribution in [-0.4, -0.2) is 67.8 Å². The van der Waals surface area contributed by atoms with Crippen LogP contribution in [0.4, 0.5) is 0 Å². The van der Waals surface area contributed by atoms with Gasteiger partial charge in [0, 0.05) is 51.0 Å². The maximum Gasteiger partial charge on any atom is 0.240 e. The first-order chi connectivity index (χ1) is 15.4. The van der Waals surface area contributed by atoms with Crippen molar-refractivity contribution in [1.29, 1.82) is 0 Å². The number of sulfonamides is 1. The molecule has 1 atom stereocenters. The number of hydrogen-bond acceptors (Lipinski definition) is 7. The number of nitrogens with one attached hydrogen (secondary N) is 1. The fraction of sp³-hybridized carbons (Fsp3) is 0.571. The third-order valence-corrected chi connectivity index (χ3v) is 7.53. The van der Waals surface area contributed by atoms with E-state index in [1.54, 1.807) is 0 Å². The van der Waals surface area contributed by atoms with E-state index in [4.69, 9.17) is 9.47 Å². The SMILES string of the molecule is COc1ccc(S(=O)(=O)NCCC(=O)N2CCC[C@@H](c3nnc4n3CCC4)C2)cc1OC. The summed E-state index contributed by atoms with van der Waals surface area (Å²) in [5, 5.41) is 8.66. The zero-order valence-electron chi connectivity index (χ0n) is 18.4. The number of methoxy groups -OCH3 is 2. The number of amides is 1. The van der Waals surface area contributed by atoms with E-state index in [-0.39, 0.29) is 29.7 Å². The highest BCUT2D eigenvalue weighted by atomic mass is 32.2. The van der Waals surface area contributed by atoms with Gasteiger partial charge in [-0.25, -0.2) is 13.1 Å². The Morgan fingerprint density at radius 2 is 1.97 bits per heavy atom. The van der Waals surface area contributed by atoms with Crippen LogP contribution in [0.15, 0.2) is 23.1 Å². The lowest BCUT2D eigenvalue weighted by molar-refractivity contribution is -0.132. The molecule has 2 aliphatic heterocycles. The molecule has 10 nitrogen and oxygen atoms in total. The number of ether oxygens (including phenoxy) is 2. The Morgan fingerprint density at radius 3 is 2.75 bits per heavy atom. The number of hydrogen-bond donors (Lipinski definition) is 1. The smallest absolute Gasteiger partial charge is 0.240 e. The molecule has 11 heteroatoms. The maximum atomic E-state index is 12.8. The summed E-state index contributed by atoms with van der Waals surface area (Å²) in [7, 11) is -0.847. The lowest BCUT2D eigenvalue weighted by Crippen LogP contribution is -2.41. The van der Waals surface area contributed by atoms with Gasteiger partial charge in [0.15, 0.2) is 11.5 Å². The highest BCUT2D eigenvalue weighted by Gasteiger charge is 2.30. The number of carbonyl (C=O) groups excluding carboxylic acids is 1. The Balaban J connectivity index is 1.33. The molecule has 1 fully saturated rings. The van der Waals surface area contributed by atoms with Crippen molar-refractivity contribution >= 4 is 15.9 Å². The number of aromatic nitrogens is 3. The van der Waals surface area contributed by atoms with Gasteiger partial charge in [0.1, 0.15) is 11.6 Å². The molecule has 0 saturated carbocycles. The first kappa shape index (κ1) is 22.5. The van der Waals surface area contributed by atoms with Crippen molar-refractivity contribution < 1.29 is 22.7 Å². The normalized spacial score (nSPS) is 18.4. The predicted molar refractivity (Wildman–Crippen MR) is 116 cm³/mol. The molecular weight excluding hydrogens is 434 g/mol. The Kier molecular flexibility index (Phi) is 6.66. The van der Waals surface area contributed by atoms with Crippen molar-refractivity contribution in [3.05, 3.63) is 29.8 Å². The average Bonchev–Trinajstić information content (AvgIpc) is 3.42. The van der Waals surface area contributed by atoms with Crippen molar-refractivity contribution in [1.82, 2.24) is 24.4 Å². The minimum atomic E-state index is -3.78. The van der Waals surface area contributed by atoms with Crippen LogP contribution in [-0.2, 0) is 27.8 Å². The van der Waals surface area contributed by atoms with Gasteiger partial charge < -0.3 is 18.9 Å². The molecule has 4 rings (SSSR count). The molecule has 32 heavy (non-hydrogen) atoms. The van der Waals surface area contributed by atoms with Gasteiger partial charge in [-0.2, -0.15) is 0 Å². The number of likely N-dealkylation sites (tertiary alicyclic amines) is 1. The minimum Gasteiger partial charge on any atom is -0.493 e. The summed E-state index contributed by atoms with van der Waals surface area (Å²) >= 11 is 0. The summed E-state index contributed by atoms with van der Waals surface area (Å²) in [5.74, 6) is 2.89. The van der Waals surface area contributed by atoms with E-state index in [1.165, 1.54) is 32.4 Å². The first-order valence-corrected chi connectivity index (χ1v) is 12.3. The zero-order chi connectivity index (χ0) is 22.7. The third-order valence-electron chi connectivity index (χ3n) is 6.07. The predicted octanol–water partition coefficient (Wildman–Crippen LogP) is 1.32. The average molecular weight is 464 g/mol. The van der Waals surface area contributed by atoms with Crippen molar-refractivity contribution in [3.63, 3.8) is 0 Å². The van der Waals surface area contributed by atoms with Gasteiger partial charge in [0.2, 0.25) is 15.9 Å². The van der Waals surface area contributed by atoms with Crippen LogP contribution in [0.3, 0.4) is 0 Å². The van der Waals surface area contributed by atoms with Gasteiger partial charge in [0.25, 0.3) is 0 Å². The van der Waals surface area contributed by atoms with Crippen LogP contribution in [0.25, 0.3) is 0 Å². The van der Waals surface area contributed by atoms with E-state index in [9.17, 15) is 13.2 Å². The Bertz CT molecular complexity index is 1080. The Hall–Kier alpha value is -2.66. The molecule has 1 saturated heterocycles. The van der Waals surface area contributed by atoms with E-state index in [2.05, 4.69) is 19.5 Å². The number of rotatable bonds is 8. The molecule has 0 spiro atoms. The summed E-state index contributed by atoms with van der Waals surface area (Å²) < 4.78 is 40.3. The quantitative estimate of drug-likeness (QED) is 0.628. The molecule has 0 aliphatic carbocycles. The van der Waals surface area contributed by atoms with Crippen LogP contribution < -0.4 is 14.2 Å². The van der Waals surface area contributed by atoms with Crippen LogP contribution in [0.5, 0.6) is 11.5 Å². The highest BCUT2D eigenvalue weighted by Crippen LogP contribution is 2.30. The summed E-state index contributed by atoms with van der Waals surface area (Å²) in [6.45, 7) is 2.25. The van der Waals surface area contributed by atoms with E-state index >= 15 is 0 Å². The second kappa shape index (κ2) is 9.45. The lowest BCUT2D eigenvalue weighted by Gasteiger charge is -2.32. The molecule has 0 bridgehead atoms. The van der Waals surface area contributed by atoms with Crippen molar-refractivity contribution in [3.8, 4) is 11.5 Å². The fourth-order valence-electron chi connectivity index (χ4n) is 4.41. The summed E-state index contributed by atoms with van der Waals surface area (Å²) in [6.07, 6.45) is 4.02. The second-order valence-electron chi connectivity index (χ2n) is 8.07. The van der Waals surface area contributed by atoms with Gasteiger partial charge in [-0.05, 0) is 31.4 Å². The Labute approximate surface area is 188 Å². The van der Waals surface area contributed by atoms with Crippen LogP contribution in [0.2, 0.25) is 0 Å². The number of nitrogens with zero attached hydrogens (tertiary/aromatic N) is 4. The van der Waals surface area contributed by atoms with Crippen molar-refractivity contribution in [2.75, 3.05) is 33.9 Å². The molecule has 2 aliphatic rings. The summed E-state index contributed by atoms with van der Waals surface area (Å²) in [4.78, 5) is 14.6. The summed E-state index contributed by atoms with van der Waals surface area (Å²) in [6, 6.07) is 4.38. The number of piperidine rings is 1. The van der Waals surface area contributed by atoms with Gasteiger partial charge in [-0.3, -0.25) is 4.79 Å². The van der Waals surface area contributed by atoms with Crippen molar-refractivity contribution in [2.45, 2.75) is 49.5 Å². The third kappa shape index (κ3) is 4.58. The number of carbonyl (C=O) groups is 1. The largest absolute Gasteiger partial charge is 0.493 e. The van der Waals surface area contributed by atoms with Crippen LogP contribution in [0.1, 0.15) is 43.3 Å². The minimum absolute atomic E-state index is 0.0248. The van der Waals surface area contributed by atoms with Crippen molar-refractivity contribution in [2.24, 2.45) is 0 Å². The molecule has 0 radical (unpaired) electrons.